The molecule has 0 aliphatic carbocycles. The summed E-state index contributed by atoms with van der Waals surface area (Å²) in [6.45, 7) is 4.90. The topological polar surface area (TPSA) is 48.0 Å². The smallest absolute Gasteiger partial charge is 0.257 e. The lowest BCUT2D eigenvalue weighted by Crippen LogP contribution is -2.51. The lowest BCUT2D eigenvalue weighted by molar-refractivity contribution is -0.183. The van der Waals surface area contributed by atoms with Gasteiger partial charge in [-0.2, -0.15) is 0 Å². The van der Waals surface area contributed by atoms with E-state index in [4.69, 9.17) is 14.2 Å². The van der Waals surface area contributed by atoms with E-state index >= 15 is 0 Å². The zero-order valence-corrected chi connectivity index (χ0v) is 12.3. The molecule has 0 aromatic heterocycles. The van der Waals surface area contributed by atoms with Gasteiger partial charge in [0.2, 0.25) is 0 Å². The summed E-state index contributed by atoms with van der Waals surface area (Å²) < 4.78 is 17.0. The molecule has 0 radical (unpaired) electrons. The van der Waals surface area contributed by atoms with Crippen LogP contribution >= 0.6 is 0 Å². The molecule has 1 aromatic rings. The summed E-state index contributed by atoms with van der Waals surface area (Å²) in [5, 5.41) is 0. The average molecular weight is 291 g/mol. The summed E-state index contributed by atoms with van der Waals surface area (Å²) in [7, 11) is 0. The summed E-state index contributed by atoms with van der Waals surface area (Å²) in [5.41, 5.74) is 0.606. The molecule has 0 bridgehead atoms. The van der Waals surface area contributed by atoms with E-state index in [-0.39, 0.29) is 5.91 Å². The number of hydrogen-bond donors (Lipinski definition) is 0. The predicted molar refractivity (Wildman–Crippen MR) is 77.4 cm³/mol. The fraction of sp³-hybridized carbons (Fsp3) is 0.562. The second-order valence-corrected chi connectivity index (χ2v) is 5.37. The molecule has 0 saturated carbocycles. The Bertz CT molecular complexity index is 511. The largest absolute Gasteiger partial charge is 0.493 e. The molecule has 0 N–H and O–H groups in total. The van der Waals surface area contributed by atoms with Gasteiger partial charge < -0.3 is 19.1 Å². The highest BCUT2D eigenvalue weighted by atomic mass is 16.7. The van der Waals surface area contributed by atoms with Crippen LogP contribution in [0.2, 0.25) is 0 Å². The Hall–Kier alpha value is -1.59. The second kappa shape index (κ2) is 6.03. The van der Waals surface area contributed by atoms with Gasteiger partial charge in [-0.3, -0.25) is 4.79 Å². The molecular weight excluding hydrogens is 270 g/mol. The van der Waals surface area contributed by atoms with Crippen LogP contribution in [-0.4, -0.2) is 49.5 Å². The molecule has 2 aliphatic heterocycles. The maximum Gasteiger partial charge on any atom is 0.257 e. The van der Waals surface area contributed by atoms with Crippen molar-refractivity contribution >= 4 is 5.91 Å². The molecule has 0 atom stereocenters. The number of hydrogen-bond acceptors (Lipinski definition) is 4. The minimum Gasteiger partial charge on any atom is -0.493 e. The maximum atomic E-state index is 12.8. The fourth-order valence-electron chi connectivity index (χ4n) is 2.99. The standard InChI is InChI=1S/C16H21NO4/c1-2-19-14-7-4-3-6-13(14)15(18)17-9-5-8-16(12-17)20-10-11-21-16/h3-4,6-7H,2,5,8-12H2,1H3. The normalized spacial score (nSPS) is 20.7. The lowest BCUT2D eigenvalue weighted by Gasteiger charge is -2.38. The Labute approximate surface area is 124 Å². The number of para-hydroxylation sites is 1. The highest BCUT2D eigenvalue weighted by Gasteiger charge is 2.42. The molecule has 1 amide bonds. The van der Waals surface area contributed by atoms with E-state index in [0.717, 1.165) is 19.4 Å². The van der Waals surface area contributed by atoms with E-state index < -0.39 is 5.79 Å². The third kappa shape index (κ3) is 2.89. The first-order valence-corrected chi connectivity index (χ1v) is 7.53. The van der Waals surface area contributed by atoms with E-state index in [0.29, 0.717) is 37.7 Å². The van der Waals surface area contributed by atoms with Gasteiger partial charge in [0.1, 0.15) is 5.75 Å². The van der Waals surface area contributed by atoms with Gasteiger partial charge >= 0.3 is 0 Å². The molecule has 1 aromatic carbocycles. The monoisotopic (exact) mass is 291 g/mol. The van der Waals surface area contributed by atoms with Crippen molar-refractivity contribution in [3.05, 3.63) is 29.8 Å². The van der Waals surface area contributed by atoms with E-state index in [1.807, 2.05) is 36.1 Å². The zero-order valence-electron chi connectivity index (χ0n) is 12.3. The van der Waals surface area contributed by atoms with Crippen molar-refractivity contribution in [3.8, 4) is 5.75 Å². The molecule has 3 rings (SSSR count). The summed E-state index contributed by atoms with van der Waals surface area (Å²) in [4.78, 5) is 14.6. The van der Waals surface area contributed by atoms with E-state index in [1.54, 1.807) is 0 Å². The number of benzene rings is 1. The molecule has 0 unspecified atom stereocenters. The van der Waals surface area contributed by atoms with Crippen LogP contribution in [0.1, 0.15) is 30.1 Å². The van der Waals surface area contributed by atoms with Gasteiger partial charge in [-0.15, -0.1) is 0 Å². The van der Waals surface area contributed by atoms with Crippen molar-refractivity contribution in [2.75, 3.05) is 32.9 Å². The number of amides is 1. The fourth-order valence-corrected chi connectivity index (χ4v) is 2.99. The van der Waals surface area contributed by atoms with Crippen LogP contribution in [-0.2, 0) is 9.47 Å². The predicted octanol–water partition coefficient (Wildman–Crippen LogP) is 2.06. The van der Waals surface area contributed by atoms with Crippen LogP contribution < -0.4 is 4.74 Å². The lowest BCUT2D eigenvalue weighted by atomic mass is 10.0. The van der Waals surface area contributed by atoms with Crippen molar-refractivity contribution in [3.63, 3.8) is 0 Å². The average Bonchev–Trinajstić information content (AvgIpc) is 2.95. The summed E-state index contributed by atoms with van der Waals surface area (Å²) in [5.74, 6) is 0.0316. The first-order valence-electron chi connectivity index (χ1n) is 7.53. The number of carbonyl (C=O) groups is 1. The summed E-state index contributed by atoms with van der Waals surface area (Å²) >= 11 is 0. The van der Waals surface area contributed by atoms with Crippen molar-refractivity contribution in [1.82, 2.24) is 4.90 Å². The number of ether oxygens (including phenoxy) is 3. The SMILES string of the molecule is CCOc1ccccc1C(=O)N1CCCC2(C1)OCCO2. The molecule has 21 heavy (non-hydrogen) atoms. The first kappa shape index (κ1) is 14.4. The molecular formula is C16H21NO4. The van der Waals surface area contributed by atoms with Crippen LogP contribution in [0.5, 0.6) is 5.75 Å². The highest BCUT2D eigenvalue weighted by Crippen LogP contribution is 2.31. The number of carbonyl (C=O) groups excluding carboxylic acids is 1. The molecule has 2 saturated heterocycles. The maximum absolute atomic E-state index is 12.8. The number of nitrogens with zero attached hydrogens (tertiary/aromatic N) is 1. The Morgan fingerprint density at radius 2 is 2.10 bits per heavy atom. The highest BCUT2D eigenvalue weighted by molar-refractivity contribution is 5.97. The molecule has 2 aliphatic rings. The Balaban J connectivity index is 1.78. The number of piperidine rings is 1. The van der Waals surface area contributed by atoms with Gasteiger partial charge in [0.05, 0.1) is 31.9 Å². The van der Waals surface area contributed by atoms with Gasteiger partial charge in [0, 0.05) is 13.0 Å². The van der Waals surface area contributed by atoms with Crippen LogP contribution in [0, 0.1) is 0 Å². The first-order chi connectivity index (χ1) is 10.2. The minimum absolute atomic E-state index is 0.0165. The molecule has 114 valence electrons. The zero-order chi connectivity index (χ0) is 14.7. The van der Waals surface area contributed by atoms with Gasteiger partial charge in [0.15, 0.2) is 5.79 Å². The number of rotatable bonds is 3. The third-order valence-electron chi connectivity index (χ3n) is 3.94. The van der Waals surface area contributed by atoms with Crippen molar-refractivity contribution in [2.24, 2.45) is 0 Å². The Kier molecular flexibility index (Phi) is 4.12. The van der Waals surface area contributed by atoms with Gasteiger partial charge in [-0.05, 0) is 25.5 Å². The van der Waals surface area contributed by atoms with Gasteiger partial charge in [-0.25, -0.2) is 0 Å². The van der Waals surface area contributed by atoms with Gasteiger partial charge in [-0.1, -0.05) is 12.1 Å². The third-order valence-corrected chi connectivity index (χ3v) is 3.94. The molecule has 2 heterocycles. The Morgan fingerprint density at radius 1 is 1.33 bits per heavy atom. The Morgan fingerprint density at radius 3 is 2.86 bits per heavy atom. The van der Waals surface area contributed by atoms with Crippen LogP contribution in [0.4, 0.5) is 0 Å². The van der Waals surface area contributed by atoms with Crippen molar-refractivity contribution < 1.29 is 19.0 Å². The van der Waals surface area contributed by atoms with Crippen molar-refractivity contribution in [2.45, 2.75) is 25.6 Å². The molecule has 2 fully saturated rings. The molecule has 5 heteroatoms. The van der Waals surface area contributed by atoms with Gasteiger partial charge in [0.25, 0.3) is 5.91 Å². The van der Waals surface area contributed by atoms with Crippen LogP contribution in [0.15, 0.2) is 24.3 Å². The van der Waals surface area contributed by atoms with Crippen LogP contribution in [0.3, 0.4) is 0 Å². The minimum atomic E-state index is -0.589. The number of likely N-dealkylation sites (tertiary alicyclic amines) is 1. The van der Waals surface area contributed by atoms with E-state index in [1.165, 1.54) is 0 Å². The summed E-state index contributed by atoms with van der Waals surface area (Å²) in [6.07, 6.45) is 1.74. The van der Waals surface area contributed by atoms with Crippen molar-refractivity contribution in [1.29, 1.82) is 0 Å². The van der Waals surface area contributed by atoms with E-state index in [9.17, 15) is 4.79 Å². The molecule has 5 nitrogen and oxygen atoms in total. The quantitative estimate of drug-likeness (QED) is 0.855. The van der Waals surface area contributed by atoms with Crippen LogP contribution in [0.25, 0.3) is 0 Å². The molecule has 1 spiro atoms. The second-order valence-electron chi connectivity index (χ2n) is 5.37. The van der Waals surface area contributed by atoms with E-state index in [2.05, 4.69) is 0 Å². The summed E-state index contributed by atoms with van der Waals surface area (Å²) in [6, 6.07) is 7.38.